The van der Waals surface area contributed by atoms with E-state index in [2.05, 4.69) is 20.6 Å². The van der Waals surface area contributed by atoms with Crippen LogP contribution >= 0.6 is 11.3 Å². The molecule has 1 aliphatic rings. The van der Waals surface area contributed by atoms with E-state index >= 15 is 0 Å². The van der Waals surface area contributed by atoms with Crippen LogP contribution in [0.3, 0.4) is 0 Å². The number of benzene rings is 2. The second kappa shape index (κ2) is 9.03. The van der Waals surface area contributed by atoms with E-state index in [1.165, 1.54) is 11.3 Å². The monoisotopic (exact) mass is 472 g/mol. The number of thiazole rings is 1. The summed E-state index contributed by atoms with van der Waals surface area (Å²) >= 11 is 1.28. The second-order valence-corrected chi connectivity index (χ2v) is 8.97. The summed E-state index contributed by atoms with van der Waals surface area (Å²) in [5, 5.41) is 5.97. The molecule has 9 heteroatoms. The molecule has 0 atom stereocenters. The molecular formula is C25H20N4O4S. The number of carbonyl (C=O) groups is 3. The zero-order chi connectivity index (χ0) is 23.7. The molecule has 2 heterocycles. The number of Topliss-reactive ketones (excluding diaryl/α,β-unsaturated/α-hetero) is 1. The smallest absolute Gasteiger partial charge is 0.296 e. The van der Waals surface area contributed by atoms with Gasteiger partial charge in [0, 0.05) is 29.3 Å². The van der Waals surface area contributed by atoms with Gasteiger partial charge >= 0.3 is 0 Å². The van der Waals surface area contributed by atoms with E-state index in [0.29, 0.717) is 38.4 Å². The Balaban J connectivity index is 1.31. The molecular weight excluding hydrogens is 452 g/mol. The highest BCUT2D eigenvalue weighted by Gasteiger charge is 2.30. The number of hydrogen-bond acceptors (Lipinski definition) is 7. The molecule has 0 aliphatic heterocycles. The molecule has 5 rings (SSSR count). The number of nitrogens with one attached hydrogen (secondary N) is 2. The van der Waals surface area contributed by atoms with Crippen LogP contribution in [0.15, 0.2) is 60.7 Å². The van der Waals surface area contributed by atoms with Gasteiger partial charge in [-0.25, -0.2) is 9.97 Å². The predicted octanol–water partition coefficient (Wildman–Crippen LogP) is 4.96. The number of pyridine rings is 1. The van der Waals surface area contributed by atoms with Crippen LogP contribution in [0.25, 0.3) is 10.3 Å². The predicted molar refractivity (Wildman–Crippen MR) is 129 cm³/mol. The molecule has 0 saturated heterocycles. The normalized spacial score (nSPS) is 12.9. The standard InChI is InChI=1S/C25H20N4O4S/c1-14-7-10-17(26-23(32)21(30)15-5-3-2-4-6-15)13-19(14)33-20-12-11-18-24(28-20)34-25(27-18)29-22(31)16-8-9-16/h2-7,10-13,16H,8-9H2,1H3,(H,26,32)(H,27,29,31). The number of aryl methyl sites for hydroxylation is 1. The van der Waals surface area contributed by atoms with Crippen molar-refractivity contribution in [3.8, 4) is 11.6 Å². The molecule has 0 unspecified atom stereocenters. The fraction of sp³-hybridized carbons (Fsp3) is 0.160. The average molecular weight is 473 g/mol. The minimum absolute atomic E-state index is 0.00392. The van der Waals surface area contributed by atoms with Crippen molar-refractivity contribution in [1.29, 1.82) is 0 Å². The lowest BCUT2D eigenvalue weighted by Crippen LogP contribution is -2.22. The van der Waals surface area contributed by atoms with Gasteiger partial charge in [0.25, 0.3) is 11.7 Å². The number of amides is 2. The number of fused-ring (bicyclic) bond motifs is 1. The lowest BCUT2D eigenvalue weighted by molar-refractivity contribution is -0.117. The van der Waals surface area contributed by atoms with Gasteiger partial charge in [-0.05, 0) is 37.5 Å². The van der Waals surface area contributed by atoms with Crippen LogP contribution in [-0.2, 0) is 9.59 Å². The molecule has 0 spiro atoms. The number of aromatic nitrogens is 2. The van der Waals surface area contributed by atoms with Crippen molar-refractivity contribution in [2.45, 2.75) is 19.8 Å². The fourth-order valence-corrected chi connectivity index (χ4v) is 4.10. The van der Waals surface area contributed by atoms with Gasteiger partial charge in [0.2, 0.25) is 11.8 Å². The highest BCUT2D eigenvalue weighted by atomic mass is 32.1. The summed E-state index contributed by atoms with van der Waals surface area (Å²) in [5.41, 5.74) is 2.24. The minimum Gasteiger partial charge on any atom is -0.439 e. The molecule has 2 aromatic carbocycles. The topological polar surface area (TPSA) is 110 Å². The first-order valence-corrected chi connectivity index (χ1v) is 11.6. The van der Waals surface area contributed by atoms with Crippen LogP contribution in [-0.4, -0.2) is 27.6 Å². The maximum absolute atomic E-state index is 12.4. The lowest BCUT2D eigenvalue weighted by atomic mass is 10.1. The zero-order valence-electron chi connectivity index (χ0n) is 18.2. The first-order valence-electron chi connectivity index (χ1n) is 10.7. The van der Waals surface area contributed by atoms with Gasteiger partial charge in [-0.3, -0.25) is 14.4 Å². The third kappa shape index (κ3) is 4.79. The van der Waals surface area contributed by atoms with E-state index in [1.807, 2.05) is 6.92 Å². The van der Waals surface area contributed by atoms with Gasteiger partial charge < -0.3 is 15.4 Å². The van der Waals surface area contributed by atoms with Crippen LogP contribution in [0.2, 0.25) is 0 Å². The summed E-state index contributed by atoms with van der Waals surface area (Å²) in [5.74, 6) is -0.420. The molecule has 8 nitrogen and oxygen atoms in total. The first-order chi connectivity index (χ1) is 16.5. The zero-order valence-corrected chi connectivity index (χ0v) is 19.0. The van der Waals surface area contributed by atoms with E-state index in [4.69, 9.17) is 4.74 Å². The molecule has 1 aliphatic carbocycles. The highest BCUT2D eigenvalue weighted by molar-refractivity contribution is 7.21. The van der Waals surface area contributed by atoms with E-state index in [9.17, 15) is 14.4 Å². The first kappa shape index (κ1) is 21.7. The molecule has 34 heavy (non-hydrogen) atoms. The Kier molecular flexibility index (Phi) is 5.77. The minimum atomic E-state index is -0.731. The third-order valence-corrected chi connectivity index (χ3v) is 6.19. The number of hydrogen-bond donors (Lipinski definition) is 2. The summed E-state index contributed by atoms with van der Waals surface area (Å²) < 4.78 is 5.97. The average Bonchev–Trinajstić information content (AvgIpc) is 3.62. The quantitative estimate of drug-likeness (QED) is 0.291. The van der Waals surface area contributed by atoms with Crippen LogP contribution in [0.1, 0.15) is 28.8 Å². The third-order valence-electron chi connectivity index (χ3n) is 5.31. The molecule has 4 aromatic rings. The molecule has 0 radical (unpaired) electrons. The van der Waals surface area contributed by atoms with Crippen molar-refractivity contribution < 1.29 is 19.1 Å². The summed E-state index contributed by atoms with van der Waals surface area (Å²) in [7, 11) is 0. The highest BCUT2D eigenvalue weighted by Crippen LogP contribution is 2.33. The Morgan fingerprint density at radius 2 is 1.76 bits per heavy atom. The number of nitrogens with zero attached hydrogens (tertiary/aromatic N) is 2. The SMILES string of the molecule is Cc1ccc(NC(=O)C(=O)c2ccccc2)cc1Oc1ccc2nc(NC(=O)C3CC3)sc2n1. The van der Waals surface area contributed by atoms with Gasteiger partial charge in [0.1, 0.15) is 16.1 Å². The van der Waals surface area contributed by atoms with Gasteiger partial charge in [-0.2, -0.15) is 0 Å². The Hall–Kier alpha value is -4.11. The van der Waals surface area contributed by atoms with Crippen LogP contribution < -0.4 is 15.4 Å². The van der Waals surface area contributed by atoms with Gasteiger partial charge in [-0.15, -0.1) is 0 Å². The van der Waals surface area contributed by atoms with Crippen LogP contribution in [0, 0.1) is 12.8 Å². The summed E-state index contributed by atoms with van der Waals surface area (Å²) in [6, 6.07) is 17.0. The molecule has 2 amide bonds. The molecule has 2 aromatic heterocycles. The van der Waals surface area contributed by atoms with E-state index in [0.717, 1.165) is 18.4 Å². The van der Waals surface area contributed by atoms with Crippen molar-refractivity contribution in [1.82, 2.24) is 9.97 Å². The number of ketones is 1. The Morgan fingerprint density at radius 1 is 0.971 bits per heavy atom. The van der Waals surface area contributed by atoms with E-state index < -0.39 is 11.7 Å². The summed E-state index contributed by atoms with van der Waals surface area (Å²) in [6.45, 7) is 1.87. The van der Waals surface area contributed by atoms with Crippen molar-refractivity contribution in [3.05, 3.63) is 71.8 Å². The van der Waals surface area contributed by atoms with Gasteiger partial charge in [-0.1, -0.05) is 47.7 Å². The Morgan fingerprint density at radius 3 is 2.53 bits per heavy atom. The van der Waals surface area contributed by atoms with Gasteiger partial charge in [0.05, 0.1) is 0 Å². The van der Waals surface area contributed by atoms with Crippen molar-refractivity contribution >= 4 is 50.1 Å². The molecule has 170 valence electrons. The largest absolute Gasteiger partial charge is 0.439 e. The summed E-state index contributed by atoms with van der Waals surface area (Å²) in [4.78, 5) is 46.3. The molecule has 1 fully saturated rings. The maximum atomic E-state index is 12.4. The van der Waals surface area contributed by atoms with E-state index in [-0.39, 0.29) is 11.8 Å². The number of rotatable bonds is 7. The van der Waals surface area contributed by atoms with Crippen LogP contribution in [0.4, 0.5) is 10.8 Å². The van der Waals surface area contributed by atoms with Crippen molar-refractivity contribution in [2.24, 2.45) is 5.92 Å². The molecule has 1 saturated carbocycles. The Labute approximate surface area is 199 Å². The number of anilines is 2. The van der Waals surface area contributed by atoms with Gasteiger partial charge in [0.15, 0.2) is 5.13 Å². The molecule has 0 bridgehead atoms. The number of carbonyl (C=O) groups excluding carboxylic acids is 3. The van der Waals surface area contributed by atoms with Crippen LogP contribution in [0.5, 0.6) is 11.6 Å². The number of ether oxygens (including phenoxy) is 1. The maximum Gasteiger partial charge on any atom is 0.296 e. The fourth-order valence-electron chi connectivity index (χ4n) is 3.27. The Bertz CT molecular complexity index is 1410. The second-order valence-electron chi connectivity index (χ2n) is 7.99. The van der Waals surface area contributed by atoms with Crippen molar-refractivity contribution in [3.63, 3.8) is 0 Å². The summed E-state index contributed by atoms with van der Waals surface area (Å²) in [6.07, 6.45) is 1.85. The van der Waals surface area contributed by atoms with Crippen molar-refractivity contribution in [2.75, 3.05) is 10.6 Å². The van der Waals surface area contributed by atoms with E-state index in [1.54, 1.807) is 60.7 Å². The lowest BCUT2D eigenvalue weighted by Gasteiger charge is -2.11. The molecule has 2 N–H and O–H groups in total.